The van der Waals surface area contributed by atoms with Crippen molar-refractivity contribution in [2.45, 2.75) is 20.3 Å². The van der Waals surface area contributed by atoms with Crippen LogP contribution in [-0.4, -0.2) is 0 Å². The van der Waals surface area contributed by atoms with Crippen LogP contribution in [0.1, 0.15) is 20.3 Å². The molecule has 0 unspecified atom stereocenters. The zero-order valence-electron chi connectivity index (χ0n) is 7.02. The van der Waals surface area contributed by atoms with Gasteiger partial charge in [0.1, 0.15) is 0 Å². The summed E-state index contributed by atoms with van der Waals surface area (Å²) in [6.45, 7) is 7.76. The van der Waals surface area contributed by atoms with Crippen molar-refractivity contribution in [3.05, 3.63) is 23.2 Å². The summed E-state index contributed by atoms with van der Waals surface area (Å²) in [6, 6.07) is 0. The first-order valence-electron chi connectivity index (χ1n) is 3.60. The molecule has 0 aromatic heterocycles. The third-order valence-corrected chi connectivity index (χ3v) is 2.15. The van der Waals surface area contributed by atoms with Crippen LogP contribution in [0.15, 0.2) is 23.2 Å². The van der Waals surface area contributed by atoms with Gasteiger partial charge in [-0.3, -0.25) is 0 Å². The fourth-order valence-corrected chi connectivity index (χ4v) is 0.729. The molecule has 0 saturated carbocycles. The molecule has 0 saturated heterocycles. The molecule has 0 fully saturated rings. The summed E-state index contributed by atoms with van der Waals surface area (Å²) in [5.74, 6) is 6.16. The highest BCUT2D eigenvalue weighted by atomic mass is 79.9. The van der Waals surface area contributed by atoms with Crippen molar-refractivity contribution in [2.24, 2.45) is 5.92 Å². The maximum atomic E-state index is 3.80. The van der Waals surface area contributed by atoms with E-state index in [1.165, 1.54) is 0 Å². The van der Waals surface area contributed by atoms with Gasteiger partial charge in [0, 0.05) is 0 Å². The lowest BCUT2D eigenvalue weighted by Gasteiger charge is -2.03. The molecule has 0 amide bonds. The van der Waals surface area contributed by atoms with E-state index >= 15 is 0 Å². The van der Waals surface area contributed by atoms with E-state index in [-0.39, 0.29) is 0 Å². The van der Waals surface area contributed by atoms with E-state index < -0.39 is 0 Å². The first-order valence-corrected chi connectivity index (χ1v) is 4.39. The topological polar surface area (TPSA) is 0 Å². The zero-order valence-corrected chi connectivity index (χ0v) is 8.61. The van der Waals surface area contributed by atoms with Gasteiger partial charge in [-0.15, -0.1) is 5.92 Å². The minimum absolute atomic E-state index is 0.491. The lowest BCUT2D eigenvalue weighted by molar-refractivity contribution is 0.738. The van der Waals surface area contributed by atoms with E-state index in [1.54, 1.807) is 0 Å². The largest absolute Gasteiger partial charge is 0.102 e. The van der Waals surface area contributed by atoms with E-state index in [0.29, 0.717) is 5.92 Å². The second-order valence-electron chi connectivity index (χ2n) is 2.38. The van der Waals surface area contributed by atoms with Crippen LogP contribution in [0.4, 0.5) is 0 Å². The van der Waals surface area contributed by atoms with Crippen LogP contribution in [0.5, 0.6) is 0 Å². The van der Waals surface area contributed by atoms with Crippen LogP contribution >= 0.6 is 15.9 Å². The third kappa shape index (κ3) is 5.94. The van der Waals surface area contributed by atoms with Gasteiger partial charge >= 0.3 is 0 Å². The first-order chi connectivity index (χ1) is 5.18. The van der Waals surface area contributed by atoms with Crippen molar-refractivity contribution in [3.8, 4) is 11.8 Å². The summed E-state index contributed by atoms with van der Waals surface area (Å²) in [7, 11) is 0. The van der Waals surface area contributed by atoms with E-state index in [9.17, 15) is 0 Å². The zero-order chi connectivity index (χ0) is 8.69. The average molecular weight is 213 g/mol. The molecule has 0 aliphatic carbocycles. The third-order valence-electron chi connectivity index (χ3n) is 1.37. The van der Waals surface area contributed by atoms with Gasteiger partial charge in [-0.1, -0.05) is 41.4 Å². The standard InChI is InChI=1S/C10H13Br/c1-4-5-6-7-8-9(2)10(3)11/h6-7,9H,3,8H2,1-2H3/b7-6-/t9-/m0/s1. The number of halogens is 1. The first kappa shape index (κ1) is 10.5. The van der Waals surface area contributed by atoms with Gasteiger partial charge in [0.25, 0.3) is 0 Å². The number of hydrogen-bond donors (Lipinski definition) is 0. The van der Waals surface area contributed by atoms with Gasteiger partial charge in [0.15, 0.2) is 0 Å². The molecule has 0 bridgehead atoms. The van der Waals surface area contributed by atoms with E-state index in [1.807, 2.05) is 13.0 Å². The van der Waals surface area contributed by atoms with Crippen LogP contribution in [0.25, 0.3) is 0 Å². The fourth-order valence-electron chi connectivity index (χ4n) is 0.542. The normalized spacial score (nSPS) is 12.3. The molecule has 0 aromatic rings. The van der Waals surface area contributed by atoms with Crippen molar-refractivity contribution in [1.29, 1.82) is 0 Å². The Kier molecular flexibility index (Phi) is 5.97. The summed E-state index contributed by atoms with van der Waals surface area (Å²) in [4.78, 5) is 0. The van der Waals surface area contributed by atoms with Crippen molar-refractivity contribution in [1.82, 2.24) is 0 Å². The van der Waals surface area contributed by atoms with Gasteiger partial charge in [0.2, 0.25) is 0 Å². The molecule has 1 heteroatoms. The van der Waals surface area contributed by atoms with Crippen LogP contribution in [0.3, 0.4) is 0 Å². The molecular weight excluding hydrogens is 200 g/mol. The quantitative estimate of drug-likeness (QED) is 0.629. The second kappa shape index (κ2) is 6.24. The molecule has 0 rings (SSSR count). The molecule has 0 aromatic carbocycles. The predicted molar refractivity (Wildman–Crippen MR) is 54.4 cm³/mol. The number of hydrogen-bond acceptors (Lipinski definition) is 0. The van der Waals surface area contributed by atoms with Gasteiger partial charge in [0.05, 0.1) is 0 Å². The van der Waals surface area contributed by atoms with Crippen molar-refractivity contribution >= 4 is 15.9 Å². The summed E-state index contributed by atoms with van der Waals surface area (Å²) < 4.78 is 1.05. The fraction of sp³-hybridized carbons (Fsp3) is 0.400. The van der Waals surface area contributed by atoms with E-state index in [2.05, 4.69) is 47.3 Å². The smallest absolute Gasteiger partial charge is 0.00235 e. The maximum absolute atomic E-state index is 3.80. The van der Waals surface area contributed by atoms with Gasteiger partial charge in [-0.25, -0.2) is 0 Å². The molecule has 0 heterocycles. The molecule has 0 radical (unpaired) electrons. The molecule has 11 heavy (non-hydrogen) atoms. The van der Waals surface area contributed by atoms with Gasteiger partial charge < -0.3 is 0 Å². The molecule has 0 nitrogen and oxygen atoms in total. The van der Waals surface area contributed by atoms with Crippen LogP contribution < -0.4 is 0 Å². The Morgan fingerprint density at radius 3 is 2.82 bits per heavy atom. The molecule has 60 valence electrons. The summed E-state index contributed by atoms with van der Waals surface area (Å²) in [6.07, 6.45) is 4.94. The Labute approximate surface area is 77.5 Å². The van der Waals surface area contributed by atoms with E-state index in [0.717, 1.165) is 10.9 Å². The second-order valence-corrected chi connectivity index (χ2v) is 3.40. The van der Waals surface area contributed by atoms with Crippen molar-refractivity contribution in [3.63, 3.8) is 0 Å². The van der Waals surface area contributed by atoms with Crippen LogP contribution in [0.2, 0.25) is 0 Å². The molecule has 0 aliphatic heterocycles. The van der Waals surface area contributed by atoms with Crippen LogP contribution in [0, 0.1) is 17.8 Å². The average Bonchev–Trinajstić information content (AvgIpc) is 1.97. The highest BCUT2D eigenvalue weighted by molar-refractivity contribution is 9.11. The monoisotopic (exact) mass is 212 g/mol. The Hall–Kier alpha value is -0.480. The molecular formula is C10H13Br. The highest BCUT2D eigenvalue weighted by Crippen LogP contribution is 2.18. The summed E-state index contributed by atoms with van der Waals surface area (Å²) in [5, 5.41) is 0. The lowest BCUT2D eigenvalue weighted by atomic mass is 10.1. The molecule has 0 N–H and O–H groups in total. The number of allylic oxidation sites excluding steroid dienone is 3. The van der Waals surface area contributed by atoms with Gasteiger partial charge in [-0.05, 0) is 29.8 Å². The predicted octanol–water partition coefficient (Wildman–Crippen LogP) is 3.50. The molecule has 0 spiro atoms. The summed E-state index contributed by atoms with van der Waals surface area (Å²) >= 11 is 3.34. The summed E-state index contributed by atoms with van der Waals surface area (Å²) in [5.41, 5.74) is 0. The number of rotatable bonds is 3. The molecule has 0 aliphatic rings. The van der Waals surface area contributed by atoms with Crippen LogP contribution in [-0.2, 0) is 0 Å². The molecule has 1 atom stereocenters. The van der Waals surface area contributed by atoms with E-state index in [4.69, 9.17) is 0 Å². The SMILES string of the molecule is C=C(Br)[C@@H](C)C/C=C\C#CC. The van der Waals surface area contributed by atoms with Crippen molar-refractivity contribution < 1.29 is 0 Å². The lowest BCUT2D eigenvalue weighted by Crippen LogP contribution is -1.89. The Bertz CT molecular complexity index is 203. The maximum Gasteiger partial charge on any atom is -0.00235 e. The minimum Gasteiger partial charge on any atom is -0.102 e. The van der Waals surface area contributed by atoms with Gasteiger partial charge in [-0.2, -0.15) is 0 Å². The minimum atomic E-state index is 0.491. The Morgan fingerprint density at radius 1 is 1.73 bits per heavy atom. The Morgan fingerprint density at radius 2 is 2.36 bits per heavy atom. The highest BCUT2D eigenvalue weighted by Gasteiger charge is 1.98. The van der Waals surface area contributed by atoms with Crippen molar-refractivity contribution in [2.75, 3.05) is 0 Å². The Balaban J connectivity index is 3.67.